The first kappa shape index (κ1) is 19.3. The summed E-state index contributed by atoms with van der Waals surface area (Å²) < 4.78 is 2.14. The van der Waals surface area contributed by atoms with Crippen molar-refractivity contribution < 1.29 is 5.11 Å². The molecule has 0 saturated heterocycles. The molecular formula is C28H24N2O. The lowest BCUT2D eigenvalue weighted by Gasteiger charge is -2.30. The summed E-state index contributed by atoms with van der Waals surface area (Å²) in [6, 6.07) is 36.2. The average Bonchev–Trinajstić information content (AvgIpc) is 3.19. The van der Waals surface area contributed by atoms with E-state index < -0.39 is 5.60 Å². The standard InChI is InChI=1S/C28H24N2O/c1-21-11-10-16-24(19-21)28(31,23-14-6-3-7-15-23)27-29-25-17-8-9-18-26(25)30(27)20-22-12-4-2-5-13-22/h2-19,31H,20H2,1H3. The molecule has 4 aromatic carbocycles. The lowest BCUT2D eigenvalue weighted by Crippen LogP contribution is -2.33. The molecule has 0 aliphatic heterocycles. The highest BCUT2D eigenvalue weighted by Crippen LogP contribution is 2.38. The van der Waals surface area contributed by atoms with Gasteiger partial charge < -0.3 is 9.67 Å². The van der Waals surface area contributed by atoms with Crippen molar-refractivity contribution in [1.29, 1.82) is 0 Å². The number of para-hydroxylation sites is 2. The number of hydrogen-bond donors (Lipinski definition) is 1. The van der Waals surface area contributed by atoms with Crippen LogP contribution in [0.2, 0.25) is 0 Å². The predicted octanol–water partition coefficient (Wildman–Crippen LogP) is 5.68. The van der Waals surface area contributed by atoms with Gasteiger partial charge in [0.05, 0.1) is 11.0 Å². The Hall–Kier alpha value is -3.69. The molecule has 1 unspecified atom stereocenters. The maximum atomic E-state index is 12.4. The van der Waals surface area contributed by atoms with Gasteiger partial charge in [0.25, 0.3) is 0 Å². The number of rotatable bonds is 5. The van der Waals surface area contributed by atoms with E-state index in [9.17, 15) is 5.11 Å². The van der Waals surface area contributed by atoms with Crippen LogP contribution in [-0.2, 0) is 12.1 Å². The number of aliphatic hydroxyl groups is 1. The van der Waals surface area contributed by atoms with Gasteiger partial charge in [-0.25, -0.2) is 4.98 Å². The van der Waals surface area contributed by atoms with E-state index in [0.717, 1.165) is 33.3 Å². The highest BCUT2D eigenvalue weighted by molar-refractivity contribution is 5.77. The number of benzene rings is 4. The van der Waals surface area contributed by atoms with Crippen molar-refractivity contribution in [3.63, 3.8) is 0 Å². The molecule has 0 amide bonds. The molecule has 5 rings (SSSR count). The number of fused-ring (bicyclic) bond motifs is 1. The van der Waals surface area contributed by atoms with Gasteiger partial charge >= 0.3 is 0 Å². The van der Waals surface area contributed by atoms with Crippen LogP contribution >= 0.6 is 0 Å². The normalized spacial score (nSPS) is 13.2. The second-order valence-corrected chi connectivity index (χ2v) is 7.94. The Labute approximate surface area is 182 Å². The number of aromatic nitrogens is 2. The van der Waals surface area contributed by atoms with Crippen LogP contribution in [0.25, 0.3) is 11.0 Å². The molecule has 0 bridgehead atoms. The minimum Gasteiger partial charge on any atom is -0.373 e. The summed E-state index contributed by atoms with van der Waals surface area (Å²) in [6.07, 6.45) is 0. The molecule has 1 heterocycles. The fourth-order valence-corrected chi connectivity index (χ4v) is 4.25. The first-order chi connectivity index (χ1) is 15.2. The van der Waals surface area contributed by atoms with Crippen LogP contribution in [0.4, 0.5) is 0 Å². The molecule has 0 spiro atoms. The zero-order valence-electron chi connectivity index (χ0n) is 17.4. The van der Waals surface area contributed by atoms with Gasteiger partial charge in [0.1, 0.15) is 0 Å². The van der Waals surface area contributed by atoms with Crippen molar-refractivity contribution in [2.75, 3.05) is 0 Å². The van der Waals surface area contributed by atoms with Crippen LogP contribution in [0.1, 0.15) is 28.1 Å². The zero-order valence-corrected chi connectivity index (χ0v) is 17.4. The number of imidazole rings is 1. The molecule has 1 atom stereocenters. The van der Waals surface area contributed by atoms with Gasteiger partial charge in [-0.2, -0.15) is 0 Å². The van der Waals surface area contributed by atoms with Crippen molar-refractivity contribution in [2.24, 2.45) is 0 Å². The molecule has 3 nitrogen and oxygen atoms in total. The Morgan fingerprint density at radius 3 is 2.13 bits per heavy atom. The Balaban J connectivity index is 1.81. The van der Waals surface area contributed by atoms with Crippen LogP contribution in [0, 0.1) is 6.92 Å². The summed E-state index contributed by atoms with van der Waals surface area (Å²) >= 11 is 0. The second-order valence-electron chi connectivity index (χ2n) is 7.94. The molecule has 1 N–H and O–H groups in total. The van der Waals surface area contributed by atoms with Gasteiger partial charge in [-0.05, 0) is 35.7 Å². The van der Waals surface area contributed by atoms with E-state index in [4.69, 9.17) is 4.98 Å². The largest absolute Gasteiger partial charge is 0.373 e. The van der Waals surface area contributed by atoms with Crippen molar-refractivity contribution in [3.8, 4) is 0 Å². The quantitative estimate of drug-likeness (QED) is 0.409. The van der Waals surface area contributed by atoms with Crippen LogP contribution in [0.3, 0.4) is 0 Å². The van der Waals surface area contributed by atoms with Gasteiger partial charge in [0.2, 0.25) is 0 Å². The van der Waals surface area contributed by atoms with Crippen molar-refractivity contribution in [3.05, 3.63) is 137 Å². The first-order valence-corrected chi connectivity index (χ1v) is 10.5. The van der Waals surface area contributed by atoms with Crippen molar-refractivity contribution in [2.45, 2.75) is 19.1 Å². The first-order valence-electron chi connectivity index (χ1n) is 10.5. The number of hydrogen-bond acceptors (Lipinski definition) is 2. The summed E-state index contributed by atoms with van der Waals surface area (Å²) in [5.41, 5.74) is 4.35. The molecule has 0 fully saturated rings. The Kier molecular flexibility index (Phi) is 4.89. The van der Waals surface area contributed by atoms with Gasteiger partial charge in [0, 0.05) is 6.54 Å². The third kappa shape index (κ3) is 3.43. The molecule has 1 aromatic heterocycles. The van der Waals surface area contributed by atoms with Gasteiger partial charge in [0.15, 0.2) is 11.4 Å². The van der Waals surface area contributed by atoms with E-state index >= 15 is 0 Å². The van der Waals surface area contributed by atoms with Crippen molar-refractivity contribution in [1.82, 2.24) is 9.55 Å². The third-order valence-electron chi connectivity index (χ3n) is 5.79. The number of aryl methyl sites for hydroxylation is 1. The van der Waals surface area contributed by atoms with E-state index in [2.05, 4.69) is 22.8 Å². The molecular weight excluding hydrogens is 380 g/mol. The molecule has 0 aliphatic rings. The smallest absolute Gasteiger partial charge is 0.173 e. The zero-order chi connectivity index (χ0) is 21.3. The van der Waals surface area contributed by atoms with E-state index in [1.165, 1.54) is 0 Å². The van der Waals surface area contributed by atoms with Gasteiger partial charge in [-0.15, -0.1) is 0 Å². The maximum Gasteiger partial charge on any atom is 0.173 e. The third-order valence-corrected chi connectivity index (χ3v) is 5.79. The van der Waals surface area contributed by atoms with Crippen LogP contribution in [0.15, 0.2) is 109 Å². The molecule has 5 aromatic rings. The summed E-state index contributed by atoms with van der Waals surface area (Å²) in [5.74, 6) is 0.620. The summed E-state index contributed by atoms with van der Waals surface area (Å²) in [5, 5.41) is 12.4. The molecule has 31 heavy (non-hydrogen) atoms. The maximum absolute atomic E-state index is 12.4. The lowest BCUT2D eigenvalue weighted by atomic mass is 9.84. The molecule has 152 valence electrons. The van der Waals surface area contributed by atoms with E-state index in [0.29, 0.717) is 12.4 Å². The molecule has 0 saturated carbocycles. The van der Waals surface area contributed by atoms with Crippen LogP contribution in [-0.4, -0.2) is 14.7 Å². The summed E-state index contributed by atoms with van der Waals surface area (Å²) in [4.78, 5) is 4.98. The second kappa shape index (κ2) is 7.86. The average molecular weight is 405 g/mol. The van der Waals surface area contributed by atoms with Gasteiger partial charge in [-0.3, -0.25) is 0 Å². The molecule has 3 heteroatoms. The fourth-order valence-electron chi connectivity index (χ4n) is 4.25. The Bertz CT molecular complexity index is 1330. The summed E-state index contributed by atoms with van der Waals surface area (Å²) in [7, 11) is 0. The van der Waals surface area contributed by atoms with E-state index in [1.807, 2.05) is 97.9 Å². The highest BCUT2D eigenvalue weighted by Gasteiger charge is 2.39. The van der Waals surface area contributed by atoms with Gasteiger partial charge in [-0.1, -0.05) is 103 Å². The Morgan fingerprint density at radius 2 is 1.39 bits per heavy atom. The molecule has 0 radical (unpaired) electrons. The lowest BCUT2D eigenvalue weighted by molar-refractivity contribution is 0.112. The minimum absolute atomic E-state index is 0.620. The predicted molar refractivity (Wildman–Crippen MR) is 125 cm³/mol. The monoisotopic (exact) mass is 404 g/mol. The number of nitrogens with zero attached hydrogens (tertiary/aromatic N) is 2. The highest BCUT2D eigenvalue weighted by atomic mass is 16.3. The van der Waals surface area contributed by atoms with E-state index in [-0.39, 0.29) is 0 Å². The minimum atomic E-state index is -1.39. The topological polar surface area (TPSA) is 38.1 Å². The SMILES string of the molecule is Cc1cccc(C(O)(c2ccccc2)c2nc3ccccc3n2Cc2ccccc2)c1. The van der Waals surface area contributed by atoms with Crippen LogP contribution < -0.4 is 0 Å². The summed E-state index contributed by atoms with van der Waals surface area (Å²) in [6.45, 7) is 2.67. The van der Waals surface area contributed by atoms with Crippen LogP contribution in [0.5, 0.6) is 0 Å². The van der Waals surface area contributed by atoms with E-state index in [1.54, 1.807) is 0 Å². The Morgan fingerprint density at radius 1 is 0.742 bits per heavy atom. The fraction of sp³-hybridized carbons (Fsp3) is 0.107. The molecule has 0 aliphatic carbocycles. The van der Waals surface area contributed by atoms with Crippen molar-refractivity contribution >= 4 is 11.0 Å².